The van der Waals surface area contributed by atoms with E-state index in [-0.39, 0.29) is 23.4 Å². The number of aromatic nitrogens is 3. The summed E-state index contributed by atoms with van der Waals surface area (Å²) in [5.74, 6) is -0.395. The minimum absolute atomic E-state index is 0. The van der Waals surface area contributed by atoms with Crippen LogP contribution in [0.2, 0.25) is 0 Å². The normalized spacial score (nSPS) is 14.2. The number of nitrogens with two attached hydrogens (primary N) is 1. The Kier molecular flexibility index (Phi) is 5.62. The Balaban J connectivity index is 0.00000225. The summed E-state index contributed by atoms with van der Waals surface area (Å²) in [7, 11) is -3.53. The lowest BCUT2D eigenvalue weighted by molar-refractivity contribution is 0.475. The van der Waals surface area contributed by atoms with E-state index in [9.17, 15) is 12.8 Å². The van der Waals surface area contributed by atoms with Crippen LogP contribution in [0, 0.1) is 5.82 Å². The van der Waals surface area contributed by atoms with Crippen LogP contribution in [0.1, 0.15) is 19.3 Å². The van der Waals surface area contributed by atoms with Gasteiger partial charge >= 0.3 is 0 Å². The Hall–Kier alpha value is -2.58. The van der Waals surface area contributed by atoms with Crippen molar-refractivity contribution in [2.24, 2.45) is 0 Å². The second-order valence-electron chi connectivity index (χ2n) is 6.48. The molecule has 0 unspecified atom stereocenters. The maximum Gasteiger partial charge on any atom is 0.219 e. The summed E-state index contributed by atoms with van der Waals surface area (Å²) >= 11 is 0. The van der Waals surface area contributed by atoms with Crippen LogP contribution in [-0.4, -0.2) is 28.6 Å². The third kappa shape index (κ3) is 3.57. The fourth-order valence-electron chi connectivity index (χ4n) is 3.07. The van der Waals surface area contributed by atoms with Gasteiger partial charge in [0.2, 0.25) is 5.95 Å². The van der Waals surface area contributed by atoms with E-state index in [4.69, 9.17) is 5.73 Å². The number of hydrogen-bond donors (Lipinski definition) is 1. The van der Waals surface area contributed by atoms with Crippen molar-refractivity contribution in [3.05, 3.63) is 54.7 Å². The van der Waals surface area contributed by atoms with Gasteiger partial charge < -0.3 is 5.73 Å². The highest BCUT2D eigenvalue weighted by molar-refractivity contribution is 7.92. The maximum atomic E-state index is 14.7. The molecule has 2 heterocycles. The van der Waals surface area contributed by atoms with E-state index in [2.05, 4.69) is 15.0 Å². The van der Waals surface area contributed by atoms with Gasteiger partial charge in [-0.3, -0.25) is 0 Å². The van der Waals surface area contributed by atoms with Crippen LogP contribution in [-0.2, 0) is 9.84 Å². The van der Waals surface area contributed by atoms with Gasteiger partial charge in [0.15, 0.2) is 14.9 Å². The fourth-order valence-corrected chi connectivity index (χ4v) is 5.04. The van der Waals surface area contributed by atoms with Crippen molar-refractivity contribution < 1.29 is 12.8 Å². The lowest BCUT2D eigenvalue weighted by Crippen LogP contribution is -2.29. The number of anilines is 1. The number of nitrogens with zero attached hydrogens (tertiary/aromatic N) is 3. The van der Waals surface area contributed by atoms with E-state index in [1.165, 1.54) is 24.7 Å². The largest absolute Gasteiger partial charge is 0.368 e. The molecule has 4 rings (SSSR count). The lowest BCUT2D eigenvalue weighted by Gasteiger charge is -2.25. The fraction of sp³-hybridized carbons (Fsp3) is 0.211. The number of nitrogen functional groups attached to an aromatic ring is 1. The topological polar surface area (TPSA) is 98.8 Å². The van der Waals surface area contributed by atoms with Crippen LogP contribution in [0.4, 0.5) is 10.3 Å². The molecule has 28 heavy (non-hydrogen) atoms. The molecule has 3 aromatic rings. The first-order valence-corrected chi connectivity index (χ1v) is 10.1. The van der Waals surface area contributed by atoms with Gasteiger partial charge in [-0.1, -0.05) is 18.6 Å². The van der Waals surface area contributed by atoms with Crippen LogP contribution in [0.3, 0.4) is 0 Å². The predicted octanol–water partition coefficient (Wildman–Crippen LogP) is 3.67. The Morgan fingerprint density at radius 3 is 2.32 bits per heavy atom. The van der Waals surface area contributed by atoms with Crippen molar-refractivity contribution in [3.8, 4) is 22.3 Å². The Morgan fingerprint density at radius 2 is 1.71 bits per heavy atom. The van der Waals surface area contributed by atoms with E-state index >= 15 is 0 Å². The minimum atomic E-state index is -3.53. The second kappa shape index (κ2) is 7.81. The molecule has 1 aliphatic carbocycles. The predicted molar refractivity (Wildman–Crippen MR) is 107 cm³/mol. The summed E-state index contributed by atoms with van der Waals surface area (Å²) in [5, 5.41) is -0.389. The maximum absolute atomic E-state index is 14.7. The van der Waals surface area contributed by atoms with Gasteiger partial charge in [-0.05, 0) is 36.6 Å². The van der Waals surface area contributed by atoms with E-state index in [1.807, 2.05) is 0 Å². The first-order chi connectivity index (χ1) is 13.0. The van der Waals surface area contributed by atoms with E-state index in [0.29, 0.717) is 35.1 Å². The summed E-state index contributed by atoms with van der Waals surface area (Å²) < 4.78 is 40.4. The zero-order valence-electron chi connectivity index (χ0n) is 14.7. The molecule has 0 radical (unpaired) electrons. The average Bonchev–Trinajstić information content (AvgIpc) is 2.61. The van der Waals surface area contributed by atoms with E-state index in [1.54, 1.807) is 24.3 Å². The van der Waals surface area contributed by atoms with Gasteiger partial charge in [-0.15, -0.1) is 12.4 Å². The summed E-state index contributed by atoms with van der Waals surface area (Å²) in [5.41, 5.74) is 7.12. The van der Waals surface area contributed by atoms with Gasteiger partial charge in [0.1, 0.15) is 5.82 Å². The third-order valence-corrected chi connectivity index (χ3v) is 7.01. The zero-order chi connectivity index (χ0) is 19.0. The molecule has 0 bridgehead atoms. The molecule has 1 saturated carbocycles. The van der Waals surface area contributed by atoms with Crippen molar-refractivity contribution in [2.75, 3.05) is 5.73 Å². The van der Waals surface area contributed by atoms with Gasteiger partial charge in [-0.25, -0.2) is 27.8 Å². The van der Waals surface area contributed by atoms with Crippen LogP contribution >= 0.6 is 12.4 Å². The highest BCUT2D eigenvalue weighted by Gasteiger charge is 2.35. The highest BCUT2D eigenvalue weighted by Crippen LogP contribution is 2.36. The summed E-state index contributed by atoms with van der Waals surface area (Å²) in [4.78, 5) is 11.8. The van der Waals surface area contributed by atoms with Crippen LogP contribution in [0.15, 0.2) is 53.9 Å². The summed E-state index contributed by atoms with van der Waals surface area (Å²) in [6.07, 6.45) is 6.52. The third-order valence-electron chi connectivity index (χ3n) is 4.79. The Labute approximate surface area is 168 Å². The molecule has 1 aliphatic rings. The minimum Gasteiger partial charge on any atom is -0.368 e. The van der Waals surface area contributed by atoms with Crippen molar-refractivity contribution in [2.45, 2.75) is 29.5 Å². The van der Waals surface area contributed by atoms with Crippen LogP contribution in [0.25, 0.3) is 22.3 Å². The van der Waals surface area contributed by atoms with E-state index in [0.717, 1.165) is 6.42 Å². The van der Waals surface area contributed by atoms with E-state index < -0.39 is 20.9 Å². The molecular formula is C19H18ClFN4O2S. The second-order valence-corrected chi connectivity index (χ2v) is 8.62. The number of hydrogen-bond acceptors (Lipinski definition) is 6. The molecule has 2 aromatic heterocycles. The molecule has 9 heteroatoms. The molecule has 0 amide bonds. The van der Waals surface area contributed by atoms with Crippen LogP contribution in [0.5, 0.6) is 0 Å². The number of sulfone groups is 1. The van der Waals surface area contributed by atoms with Crippen molar-refractivity contribution in [1.29, 1.82) is 0 Å². The highest BCUT2D eigenvalue weighted by atomic mass is 35.5. The van der Waals surface area contributed by atoms with Crippen molar-refractivity contribution in [3.63, 3.8) is 0 Å². The first-order valence-electron chi connectivity index (χ1n) is 8.53. The molecule has 0 aliphatic heterocycles. The molecule has 0 spiro atoms. The van der Waals surface area contributed by atoms with Crippen molar-refractivity contribution in [1.82, 2.24) is 15.0 Å². The molecule has 2 N–H and O–H groups in total. The molecular weight excluding hydrogens is 403 g/mol. The lowest BCUT2D eigenvalue weighted by atomic mass is 10.00. The zero-order valence-corrected chi connectivity index (χ0v) is 16.4. The SMILES string of the molecule is Cl.Nc1ncc(-c2ccc(-c3cccnc3S(=O)(=O)C3CCC3)cc2F)cn1. The standard InChI is InChI=1S/C19H17FN4O2S.ClH/c20-17-9-12(6-7-15(17)13-10-23-19(21)24-11-13)16-5-2-8-22-18(16)27(25,26)14-3-1-4-14;/h2,5-11,14H,1,3-4H2,(H2,21,23,24);1H. The Morgan fingerprint density at radius 1 is 1.00 bits per heavy atom. The molecule has 0 atom stereocenters. The molecule has 1 fully saturated rings. The van der Waals surface area contributed by atoms with Gasteiger partial charge in [-0.2, -0.15) is 0 Å². The van der Waals surface area contributed by atoms with Gasteiger partial charge in [0.25, 0.3) is 0 Å². The smallest absolute Gasteiger partial charge is 0.219 e. The Bertz CT molecular complexity index is 1100. The first kappa shape index (κ1) is 20.2. The quantitative estimate of drug-likeness (QED) is 0.691. The average molecular weight is 421 g/mol. The van der Waals surface area contributed by atoms with Crippen molar-refractivity contribution >= 4 is 28.2 Å². The molecule has 6 nitrogen and oxygen atoms in total. The van der Waals surface area contributed by atoms with Crippen LogP contribution < -0.4 is 5.73 Å². The summed E-state index contributed by atoms with van der Waals surface area (Å²) in [6, 6.07) is 7.86. The van der Waals surface area contributed by atoms with Gasteiger partial charge in [0, 0.05) is 35.3 Å². The molecule has 146 valence electrons. The number of pyridine rings is 1. The van der Waals surface area contributed by atoms with Gasteiger partial charge in [0.05, 0.1) is 5.25 Å². The number of halogens is 2. The number of rotatable bonds is 4. The molecule has 1 aromatic carbocycles. The number of benzene rings is 1. The molecule has 0 saturated heterocycles. The summed E-state index contributed by atoms with van der Waals surface area (Å²) in [6.45, 7) is 0. The monoisotopic (exact) mass is 420 g/mol.